The summed E-state index contributed by atoms with van der Waals surface area (Å²) in [6, 6.07) is -0.0513. The predicted octanol–water partition coefficient (Wildman–Crippen LogP) is 3.53. The molecule has 1 aliphatic rings. The van der Waals surface area contributed by atoms with Gasteiger partial charge >= 0.3 is 6.09 Å². The SMILES string of the molecule is CN=C(NCC(NC(=O)OC(C)(C)C)C(C)C)NCC1(CCOC)CCC1.I. The number of hydrogen-bond donors (Lipinski definition) is 3. The van der Waals surface area contributed by atoms with E-state index in [0.29, 0.717) is 12.0 Å². The lowest BCUT2D eigenvalue weighted by atomic mass is 9.67. The molecule has 1 aliphatic carbocycles. The molecular formula is C20H41IN4O3. The normalized spacial score (nSPS) is 17.2. The molecule has 0 aromatic heterocycles. The van der Waals surface area contributed by atoms with Crippen LogP contribution in [0.5, 0.6) is 0 Å². The van der Waals surface area contributed by atoms with E-state index in [1.165, 1.54) is 19.3 Å². The van der Waals surface area contributed by atoms with Crippen molar-refractivity contribution < 1.29 is 14.3 Å². The number of guanidine groups is 1. The van der Waals surface area contributed by atoms with Gasteiger partial charge in [-0.2, -0.15) is 0 Å². The average molecular weight is 512 g/mol. The number of nitrogens with zero attached hydrogens (tertiary/aromatic N) is 1. The Hall–Kier alpha value is -0.770. The van der Waals surface area contributed by atoms with Crippen molar-refractivity contribution in [3.63, 3.8) is 0 Å². The molecule has 1 fully saturated rings. The van der Waals surface area contributed by atoms with Crippen LogP contribution in [0.1, 0.15) is 60.3 Å². The molecule has 7 nitrogen and oxygen atoms in total. The lowest BCUT2D eigenvalue weighted by Crippen LogP contribution is -2.52. The predicted molar refractivity (Wildman–Crippen MR) is 126 cm³/mol. The molecular weight excluding hydrogens is 471 g/mol. The van der Waals surface area contributed by atoms with Crippen LogP contribution in [0.15, 0.2) is 4.99 Å². The lowest BCUT2D eigenvalue weighted by molar-refractivity contribution is 0.0491. The smallest absolute Gasteiger partial charge is 0.407 e. The number of nitrogens with one attached hydrogen (secondary N) is 3. The van der Waals surface area contributed by atoms with Gasteiger partial charge in [0.15, 0.2) is 5.96 Å². The Labute approximate surface area is 188 Å². The van der Waals surface area contributed by atoms with Gasteiger partial charge in [-0.25, -0.2) is 4.79 Å². The van der Waals surface area contributed by atoms with Crippen LogP contribution in [0.4, 0.5) is 4.79 Å². The zero-order chi connectivity index (χ0) is 20.5. The summed E-state index contributed by atoms with van der Waals surface area (Å²) in [4.78, 5) is 16.4. The number of ether oxygens (including phenoxy) is 2. The zero-order valence-electron chi connectivity index (χ0n) is 18.7. The number of carbonyl (C=O) groups excluding carboxylic acids is 1. The summed E-state index contributed by atoms with van der Waals surface area (Å²) < 4.78 is 10.6. The van der Waals surface area contributed by atoms with Crippen molar-refractivity contribution in [3.05, 3.63) is 0 Å². The maximum absolute atomic E-state index is 12.1. The molecule has 166 valence electrons. The maximum Gasteiger partial charge on any atom is 0.407 e. The van der Waals surface area contributed by atoms with Crippen molar-refractivity contribution in [2.24, 2.45) is 16.3 Å². The molecule has 0 saturated heterocycles. The molecule has 1 amide bonds. The van der Waals surface area contributed by atoms with Crippen LogP contribution in [0.25, 0.3) is 0 Å². The topological polar surface area (TPSA) is 84.0 Å². The summed E-state index contributed by atoms with van der Waals surface area (Å²) in [5.41, 5.74) is -0.185. The highest BCUT2D eigenvalue weighted by Crippen LogP contribution is 2.43. The maximum atomic E-state index is 12.1. The number of alkyl carbamates (subject to hydrolysis) is 1. The molecule has 0 aliphatic heterocycles. The first-order chi connectivity index (χ1) is 12.6. The molecule has 28 heavy (non-hydrogen) atoms. The van der Waals surface area contributed by atoms with E-state index < -0.39 is 5.60 Å². The van der Waals surface area contributed by atoms with Gasteiger partial charge in [0.2, 0.25) is 0 Å². The van der Waals surface area contributed by atoms with Gasteiger partial charge in [0.1, 0.15) is 5.60 Å². The van der Waals surface area contributed by atoms with Crippen LogP contribution in [-0.4, -0.2) is 57.5 Å². The van der Waals surface area contributed by atoms with E-state index in [1.807, 2.05) is 20.8 Å². The second-order valence-corrected chi connectivity index (χ2v) is 8.90. The third-order valence-corrected chi connectivity index (χ3v) is 5.10. The summed E-state index contributed by atoms with van der Waals surface area (Å²) in [5.74, 6) is 1.03. The fraction of sp³-hybridized carbons (Fsp3) is 0.900. The summed E-state index contributed by atoms with van der Waals surface area (Å²) in [7, 11) is 3.52. The van der Waals surface area contributed by atoms with Crippen LogP contribution in [0, 0.1) is 11.3 Å². The molecule has 8 heteroatoms. The van der Waals surface area contributed by atoms with E-state index in [4.69, 9.17) is 9.47 Å². The van der Waals surface area contributed by atoms with E-state index in [1.54, 1.807) is 14.2 Å². The molecule has 0 aromatic carbocycles. The summed E-state index contributed by atoms with van der Waals surface area (Å²) in [5, 5.41) is 9.73. The van der Waals surface area contributed by atoms with E-state index >= 15 is 0 Å². The van der Waals surface area contributed by atoms with Crippen molar-refractivity contribution in [3.8, 4) is 0 Å². The molecule has 1 saturated carbocycles. The van der Waals surface area contributed by atoms with Crippen molar-refractivity contribution >= 4 is 36.0 Å². The van der Waals surface area contributed by atoms with Gasteiger partial charge in [0, 0.05) is 33.9 Å². The van der Waals surface area contributed by atoms with Crippen LogP contribution < -0.4 is 16.0 Å². The highest BCUT2D eigenvalue weighted by Gasteiger charge is 2.36. The number of amides is 1. The Bertz CT molecular complexity index is 488. The standard InChI is InChI=1S/C20H40N4O3.HI/c1-15(2)16(24-18(25)27-19(3,4)5)13-22-17(21-6)23-14-20(9-8-10-20)11-12-26-7;/h15-16H,8-14H2,1-7H3,(H,24,25)(H2,21,22,23);1H. The van der Waals surface area contributed by atoms with Gasteiger partial charge in [-0.1, -0.05) is 20.3 Å². The lowest BCUT2D eigenvalue weighted by Gasteiger charge is -2.42. The molecule has 1 rings (SSSR count). The molecule has 0 radical (unpaired) electrons. The van der Waals surface area contributed by atoms with E-state index in [2.05, 4.69) is 34.8 Å². The van der Waals surface area contributed by atoms with Gasteiger partial charge in [-0.3, -0.25) is 4.99 Å². The van der Waals surface area contributed by atoms with Crippen molar-refractivity contribution in [1.82, 2.24) is 16.0 Å². The number of carbonyl (C=O) groups is 1. The molecule has 1 atom stereocenters. The molecule has 0 aromatic rings. The van der Waals surface area contributed by atoms with E-state index in [0.717, 1.165) is 25.5 Å². The Morgan fingerprint density at radius 1 is 1.21 bits per heavy atom. The minimum Gasteiger partial charge on any atom is -0.444 e. The summed E-state index contributed by atoms with van der Waals surface area (Å²) in [6.45, 7) is 12.0. The highest BCUT2D eigenvalue weighted by molar-refractivity contribution is 14.0. The summed E-state index contributed by atoms with van der Waals surface area (Å²) in [6.07, 6.45) is 4.43. The van der Waals surface area contributed by atoms with Gasteiger partial charge in [0.25, 0.3) is 0 Å². The fourth-order valence-electron chi connectivity index (χ4n) is 3.12. The first-order valence-corrected chi connectivity index (χ1v) is 10.0. The minimum atomic E-state index is -0.504. The second-order valence-electron chi connectivity index (χ2n) is 8.90. The molecule has 3 N–H and O–H groups in total. The van der Waals surface area contributed by atoms with Crippen molar-refractivity contribution in [2.75, 3.05) is 33.9 Å². The zero-order valence-corrected chi connectivity index (χ0v) is 21.0. The number of hydrogen-bond acceptors (Lipinski definition) is 4. The van der Waals surface area contributed by atoms with Crippen molar-refractivity contribution in [1.29, 1.82) is 0 Å². The number of halogens is 1. The van der Waals surface area contributed by atoms with Crippen LogP contribution in [-0.2, 0) is 9.47 Å². The third kappa shape index (κ3) is 10.1. The Morgan fingerprint density at radius 3 is 2.29 bits per heavy atom. The quantitative estimate of drug-likeness (QED) is 0.250. The third-order valence-electron chi connectivity index (χ3n) is 5.10. The Morgan fingerprint density at radius 2 is 1.86 bits per heavy atom. The molecule has 0 bridgehead atoms. The Kier molecular flexibility index (Phi) is 12.4. The molecule has 0 spiro atoms. The van der Waals surface area contributed by atoms with Gasteiger partial charge in [-0.05, 0) is 51.4 Å². The van der Waals surface area contributed by atoms with Crippen LogP contribution in [0.2, 0.25) is 0 Å². The first-order valence-electron chi connectivity index (χ1n) is 10.0. The molecule has 1 unspecified atom stereocenters. The minimum absolute atomic E-state index is 0. The molecule has 0 heterocycles. The fourth-order valence-corrected chi connectivity index (χ4v) is 3.12. The van der Waals surface area contributed by atoms with Gasteiger partial charge in [0.05, 0.1) is 6.04 Å². The number of aliphatic imine (C=N–C) groups is 1. The monoisotopic (exact) mass is 512 g/mol. The summed E-state index contributed by atoms with van der Waals surface area (Å²) >= 11 is 0. The van der Waals surface area contributed by atoms with Crippen LogP contribution in [0.3, 0.4) is 0 Å². The van der Waals surface area contributed by atoms with E-state index in [-0.39, 0.29) is 42.0 Å². The van der Waals surface area contributed by atoms with E-state index in [9.17, 15) is 4.79 Å². The first kappa shape index (κ1) is 27.2. The number of rotatable bonds is 9. The van der Waals surface area contributed by atoms with Crippen LogP contribution >= 0.6 is 24.0 Å². The number of methoxy groups -OCH3 is 1. The van der Waals surface area contributed by atoms with Crippen molar-refractivity contribution in [2.45, 2.75) is 71.9 Å². The van der Waals surface area contributed by atoms with Gasteiger partial charge < -0.3 is 25.4 Å². The second kappa shape index (κ2) is 12.7. The highest BCUT2D eigenvalue weighted by atomic mass is 127. The largest absolute Gasteiger partial charge is 0.444 e. The average Bonchev–Trinajstić information content (AvgIpc) is 2.52. The Balaban J connectivity index is 0.00000729. The van der Waals surface area contributed by atoms with Gasteiger partial charge in [-0.15, -0.1) is 24.0 Å².